The van der Waals surface area contributed by atoms with E-state index in [1.807, 2.05) is 0 Å². The lowest BCUT2D eigenvalue weighted by Gasteiger charge is -2.21. The average molecular weight is 489 g/mol. The number of hydrogen-bond acceptors (Lipinski definition) is 7. The summed E-state index contributed by atoms with van der Waals surface area (Å²) in [6.45, 7) is 2.08. The molecule has 10 heteroatoms. The molecular weight excluding hydrogens is 456 g/mol. The quantitative estimate of drug-likeness (QED) is 0.595. The van der Waals surface area contributed by atoms with Crippen LogP contribution in [0.5, 0.6) is 0 Å². The zero-order valence-corrected chi connectivity index (χ0v) is 20.4. The molecular formula is C24H32N4O5S. The van der Waals surface area contributed by atoms with E-state index in [1.54, 1.807) is 17.7 Å². The Kier molecular flexibility index (Phi) is 6.35. The van der Waals surface area contributed by atoms with E-state index < -0.39 is 15.8 Å². The summed E-state index contributed by atoms with van der Waals surface area (Å²) in [7, 11) is -3.10. The molecule has 9 nitrogen and oxygen atoms in total. The molecule has 1 aliphatic heterocycles. The van der Waals surface area contributed by atoms with Crippen LogP contribution in [-0.2, 0) is 19.4 Å². The van der Waals surface area contributed by atoms with Crippen molar-refractivity contribution in [2.75, 3.05) is 24.7 Å². The topological polar surface area (TPSA) is 120 Å². The number of hydrogen-bond donors (Lipinski definition) is 1. The van der Waals surface area contributed by atoms with Crippen molar-refractivity contribution in [1.29, 1.82) is 0 Å². The van der Waals surface area contributed by atoms with Crippen molar-refractivity contribution in [1.82, 2.24) is 20.1 Å². The largest absolute Gasteiger partial charge is 0.452 e. The number of rotatable bonds is 7. The molecule has 1 saturated heterocycles. The molecule has 3 heterocycles. The molecule has 1 unspecified atom stereocenters. The number of carbonyl (C=O) groups is 2. The number of ether oxygens (including phenoxy) is 1. The highest BCUT2D eigenvalue weighted by Crippen LogP contribution is 2.41. The van der Waals surface area contributed by atoms with Crippen LogP contribution in [0.1, 0.15) is 85.1 Å². The number of sulfone groups is 1. The second-order valence-corrected chi connectivity index (χ2v) is 12.3. The third kappa shape index (κ3) is 4.96. The standard InChI is InChI=1S/C24H32N4O5S/c1-15-22-19(24(30)33-13-21(29)25-12-16-5-3-2-4-6-16)11-20(17-7-8-17)26-23(22)28(27-15)18-9-10-34(31,32)14-18/h11,16-18H,2-10,12-14H2,1H3,(H,25,29). The van der Waals surface area contributed by atoms with E-state index in [4.69, 9.17) is 9.72 Å². The Hall–Kier alpha value is -2.49. The van der Waals surface area contributed by atoms with Gasteiger partial charge in [0, 0.05) is 18.2 Å². The molecule has 0 spiro atoms. The van der Waals surface area contributed by atoms with Gasteiger partial charge in [0.05, 0.1) is 34.2 Å². The highest BCUT2D eigenvalue weighted by Gasteiger charge is 2.34. The molecule has 0 aromatic carbocycles. The zero-order chi connectivity index (χ0) is 23.9. The van der Waals surface area contributed by atoms with Gasteiger partial charge in [-0.15, -0.1) is 0 Å². The number of aromatic nitrogens is 3. The molecule has 0 bridgehead atoms. The SMILES string of the molecule is Cc1nn(C2CCS(=O)(=O)C2)c2nc(C3CC3)cc(C(=O)OCC(=O)NCC3CCCCC3)c12. The summed E-state index contributed by atoms with van der Waals surface area (Å²) in [6, 6.07) is 1.46. The second-order valence-electron chi connectivity index (χ2n) is 10.0. The smallest absolute Gasteiger partial charge is 0.339 e. The summed E-state index contributed by atoms with van der Waals surface area (Å²) < 4.78 is 31.2. The maximum absolute atomic E-state index is 13.1. The molecule has 34 heavy (non-hydrogen) atoms. The summed E-state index contributed by atoms with van der Waals surface area (Å²) >= 11 is 0. The van der Waals surface area contributed by atoms with Gasteiger partial charge in [0.25, 0.3) is 5.91 Å². The molecule has 1 atom stereocenters. The third-order valence-corrected chi connectivity index (χ3v) is 9.02. The van der Waals surface area contributed by atoms with E-state index in [2.05, 4.69) is 10.4 Å². The Balaban J connectivity index is 1.34. The number of fused-ring (bicyclic) bond motifs is 1. The first-order valence-electron chi connectivity index (χ1n) is 12.3. The molecule has 2 aromatic rings. The summed E-state index contributed by atoms with van der Waals surface area (Å²) in [5.41, 5.74) is 2.26. The number of amides is 1. The Morgan fingerprint density at radius 3 is 2.59 bits per heavy atom. The fourth-order valence-electron chi connectivity index (χ4n) is 5.21. The van der Waals surface area contributed by atoms with Crippen molar-refractivity contribution >= 4 is 32.7 Å². The molecule has 3 fully saturated rings. The van der Waals surface area contributed by atoms with Crippen molar-refractivity contribution in [3.63, 3.8) is 0 Å². The summed E-state index contributed by atoms with van der Waals surface area (Å²) in [6.07, 6.45) is 8.41. The van der Waals surface area contributed by atoms with Crippen LogP contribution in [0.4, 0.5) is 0 Å². The first kappa shape index (κ1) is 23.3. The van der Waals surface area contributed by atoms with Gasteiger partial charge in [0.2, 0.25) is 0 Å². The zero-order valence-electron chi connectivity index (χ0n) is 19.6. The van der Waals surface area contributed by atoms with E-state index in [1.165, 1.54) is 19.3 Å². The summed E-state index contributed by atoms with van der Waals surface area (Å²) in [5.74, 6) is 0.0667. The van der Waals surface area contributed by atoms with Crippen LogP contribution in [0.15, 0.2) is 6.07 Å². The number of nitrogens with one attached hydrogen (secondary N) is 1. The fourth-order valence-corrected chi connectivity index (χ4v) is 6.91. The number of nitrogens with zero attached hydrogens (tertiary/aromatic N) is 3. The second kappa shape index (κ2) is 9.28. The highest BCUT2D eigenvalue weighted by molar-refractivity contribution is 7.91. The lowest BCUT2D eigenvalue weighted by molar-refractivity contribution is -0.124. The van der Waals surface area contributed by atoms with E-state index in [0.717, 1.165) is 31.4 Å². The average Bonchev–Trinajstić information content (AvgIpc) is 3.54. The van der Waals surface area contributed by atoms with Gasteiger partial charge in [-0.05, 0) is 51.0 Å². The fraction of sp³-hybridized carbons (Fsp3) is 0.667. The Labute approximate surface area is 199 Å². The molecule has 0 radical (unpaired) electrons. The normalized spacial score (nSPS) is 22.7. The van der Waals surface area contributed by atoms with Crippen LogP contribution in [0, 0.1) is 12.8 Å². The molecule has 3 aliphatic rings. The van der Waals surface area contributed by atoms with Crippen LogP contribution in [0.2, 0.25) is 0 Å². The van der Waals surface area contributed by atoms with Crippen LogP contribution >= 0.6 is 0 Å². The molecule has 184 valence electrons. The maximum Gasteiger partial charge on any atom is 0.339 e. The number of pyridine rings is 1. The molecule has 2 aliphatic carbocycles. The van der Waals surface area contributed by atoms with Gasteiger partial charge in [-0.25, -0.2) is 22.9 Å². The van der Waals surface area contributed by atoms with Crippen molar-refractivity contribution in [2.45, 2.75) is 70.3 Å². The third-order valence-electron chi connectivity index (χ3n) is 7.27. The van der Waals surface area contributed by atoms with E-state index >= 15 is 0 Å². The predicted molar refractivity (Wildman–Crippen MR) is 126 cm³/mol. The highest BCUT2D eigenvalue weighted by atomic mass is 32.2. The van der Waals surface area contributed by atoms with E-state index in [-0.39, 0.29) is 36.0 Å². The van der Waals surface area contributed by atoms with E-state index in [0.29, 0.717) is 41.2 Å². The van der Waals surface area contributed by atoms with Gasteiger partial charge in [-0.1, -0.05) is 19.3 Å². The minimum atomic E-state index is -3.10. The summed E-state index contributed by atoms with van der Waals surface area (Å²) in [5, 5.41) is 8.05. The molecule has 1 N–H and O–H groups in total. The number of carbonyl (C=O) groups excluding carboxylic acids is 2. The monoisotopic (exact) mass is 488 g/mol. The van der Waals surface area contributed by atoms with Gasteiger partial charge in [-0.3, -0.25) is 4.79 Å². The predicted octanol–water partition coefficient (Wildman–Crippen LogP) is 2.83. The first-order chi connectivity index (χ1) is 16.3. The van der Waals surface area contributed by atoms with Crippen LogP contribution in [0.3, 0.4) is 0 Å². The van der Waals surface area contributed by atoms with Crippen molar-refractivity contribution in [3.8, 4) is 0 Å². The van der Waals surface area contributed by atoms with Gasteiger partial charge in [0.15, 0.2) is 22.1 Å². The molecule has 2 saturated carbocycles. The summed E-state index contributed by atoms with van der Waals surface area (Å²) in [4.78, 5) is 30.2. The first-order valence-corrected chi connectivity index (χ1v) is 14.2. The maximum atomic E-state index is 13.1. The van der Waals surface area contributed by atoms with Crippen LogP contribution < -0.4 is 5.32 Å². The van der Waals surface area contributed by atoms with Gasteiger partial charge < -0.3 is 10.1 Å². The van der Waals surface area contributed by atoms with Crippen molar-refractivity contribution in [2.24, 2.45) is 5.92 Å². The Morgan fingerprint density at radius 2 is 1.91 bits per heavy atom. The van der Waals surface area contributed by atoms with Gasteiger partial charge in [-0.2, -0.15) is 5.10 Å². The Bertz CT molecular complexity index is 1210. The number of aryl methyl sites for hydroxylation is 1. The molecule has 5 rings (SSSR count). The van der Waals surface area contributed by atoms with Crippen LogP contribution in [-0.4, -0.2) is 59.7 Å². The minimum absolute atomic E-state index is 0.0273. The lowest BCUT2D eigenvalue weighted by atomic mass is 9.89. The van der Waals surface area contributed by atoms with Crippen molar-refractivity contribution < 1.29 is 22.7 Å². The molecule has 1 amide bonds. The van der Waals surface area contributed by atoms with E-state index in [9.17, 15) is 18.0 Å². The van der Waals surface area contributed by atoms with Gasteiger partial charge >= 0.3 is 5.97 Å². The Morgan fingerprint density at radius 1 is 1.15 bits per heavy atom. The van der Waals surface area contributed by atoms with Gasteiger partial charge in [0.1, 0.15) is 0 Å². The lowest BCUT2D eigenvalue weighted by Crippen LogP contribution is -2.33. The number of esters is 1. The van der Waals surface area contributed by atoms with Crippen LogP contribution in [0.25, 0.3) is 11.0 Å². The minimum Gasteiger partial charge on any atom is -0.452 e. The molecule has 2 aromatic heterocycles. The van der Waals surface area contributed by atoms with Crippen molar-refractivity contribution in [3.05, 3.63) is 23.0 Å².